The molecule has 1 heterocycles. The molecule has 3 amide bonds. The third-order valence-electron chi connectivity index (χ3n) is 3.04. The maximum absolute atomic E-state index is 11.9. The van der Waals surface area contributed by atoms with Crippen LogP contribution in [0.3, 0.4) is 0 Å². The van der Waals surface area contributed by atoms with Crippen LogP contribution >= 0.6 is 0 Å². The summed E-state index contributed by atoms with van der Waals surface area (Å²) in [6.45, 7) is -0.198. The van der Waals surface area contributed by atoms with Crippen molar-refractivity contribution in [2.24, 2.45) is 11.7 Å². The lowest BCUT2D eigenvalue weighted by atomic mass is 9.98. The maximum atomic E-state index is 11.9. The lowest BCUT2D eigenvalue weighted by Crippen LogP contribution is -2.47. The highest BCUT2D eigenvalue weighted by Gasteiger charge is 2.28. The summed E-state index contributed by atoms with van der Waals surface area (Å²) < 4.78 is 35.8. The molecule has 1 aliphatic rings. The number of halogens is 3. The zero-order valence-electron chi connectivity index (χ0n) is 11.0. The number of carbonyl (C=O) groups excluding carboxylic acids is 2. The van der Waals surface area contributed by atoms with Crippen LogP contribution in [-0.2, 0) is 4.79 Å². The summed E-state index contributed by atoms with van der Waals surface area (Å²) in [5.41, 5.74) is 4.96. The summed E-state index contributed by atoms with van der Waals surface area (Å²) in [6, 6.07) is -0.625. The van der Waals surface area contributed by atoms with Gasteiger partial charge >= 0.3 is 12.2 Å². The normalized spacial score (nSPS) is 19.8. The van der Waals surface area contributed by atoms with Crippen LogP contribution in [0, 0.1) is 5.92 Å². The molecule has 0 saturated carbocycles. The number of hydrogen-bond acceptors (Lipinski definition) is 3. The molecule has 4 N–H and O–H groups in total. The van der Waals surface area contributed by atoms with E-state index < -0.39 is 18.8 Å². The Morgan fingerprint density at radius 1 is 1.35 bits per heavy atom. The van der Waals surface area contributed by atoms with Crippen LogP contribution in [0.5, 0.6) is 0 Å². The Balaban J connectivity index is 2.31. The summed E-state index contributed by atoms with van der Waals surface area (Å²) in [5.74, 6) is -0.277. The van der Waals surface area contributed by atoms with Gasteiger partial charge in [0.15, 0.2) is 0 Å². The number of amides is 3. The molecule has 0 aromatic carbocycles. The summed E-state index contributed by atoms with van der Waals surface area (Å²) in [7, 11) is 0. The standard InChI is InChI=1S/C11H19F3N4O2/c12-11(13,14)7-16-5-9(19)18-3-1-2-8(6-18)4-17-10(15)20/h8,16H,1-7H2,(H3,15,17,20). The van der Waals surface area contributed by atoms with Crippen molar-refractivity contribution in [2.45, 2.75) is 19.0 Å². The van der Waals surface area contributed by atoms with Crippen LogP contribution in [0.2, 0.25) is 0 Å². The molecule has 1 saturated heterocycles. The molecule has 1 atom stereocenters. The van der Waals surface area contributed by atoms with Gasteiger partial charge < -0.3 is 21.3 Å². The molecule has 0 bridgehead atoms. The van der Waals surface area contributed by atoms with Crippen molar-refractivity contribution in [3.8, 4) is 0 Å². The van der Waals surface area contributed by atoms with Crippen molar-refractivity contribution in [1.82, 2.24) is 15.5 Å². The highest BCUT2D eigenvalue weighted by Crippen LogP contribution is 2.16. The molecule has 9 heteroatoms. The third-order valence-corrected chi connectivity index (χ3v) is 3.04. The minimum atomic E-state index is -4.32. The van der Waals surface area contributed by atoms with E-state index in [1.807, 2.05) is 0 Å². The van der Waals surface area contributed by atoms with Gasteiger partial charge in [0, 0.05) is 19.6 Å². The molecule has 20 heavy (non-hydrogen) atoms. The van der Waals surface area contributed by atoms with Crippen LogP contribution in [0.4, 0.5) is 18.0 Å². The number of primary amides is 1. The number of urea groups is 1. The Hall–Kier alpha value is -1.51. The van der Waals surface area contributed by atoms with E-state index in [9.17, 15) is 22.8 Å². The minimum Gasteiger partial charge on any atom is -0.352 e. The van der Waals surface area contributed by atoms with Crippen molar-refractivity contribution in [1.29, 1.82) is 0 Å². The lowest BCUT2D eigenvalue weighted by Gasteiger charge is -2.33. The topological polar surface area (TPSA) is 87.5 Å². The van der Waals surface area contributed by atoms with Crippen LogP contribution in [-0.4, -0.2) is 55.7 Å². The zero-order chi connectivity index (χ0) is 15.2. The van der Waals surface area contributed by atoms with E-state index in [-0.39, 0.29) is 18.4 Å². The van der Waals surface area contributed by atoms with Gasteiger partial charge in [0.2, 0.25) is 5.91 Å². The second-order valence-electron chi connectivity index (χ2n) is 4.81. The van der Waals surface area contributed by atoms with Crippen LogP contribution in [0.1, 0.15) is 12.8 Å². The van der Waals surface area contributed by atoms with Crippen molar-refractivity contribution in [2.75, 3.05) is 32.7 Å². The fourth-order valence-corrected chi connectivity index (χ4v) is 2.13. The number of nitrogens with two attached hydrogens (primary N) is 1. The number of carbonyl (C=O) groups is 2. The first-order valence-corrected chi connectivity index (χ1v) is 6.36. The van der Waals surface area contributed by atoms with Crippen molar-refractivity contribution in [3.05, 3.63) is 0 Å². The molecule has 1 rings (SSSR count). The predicted octanol–water partition coefficient (Wildman–Crippen LogP) is 0.0452. The van der Waals surface area contributed by atoms with Gasteiger partial charge in [-0.15, -0.1) is 0 Å². The monoisotopic (exact) mass is 296 g/mol. The SMILES string of the molecule is NC(=O)NCC1CCCN(C(=O)CNCC(F)(F)F)C1. The Bertz CT molecular complexity index is 349. The second kappa shape index (κ2) is 7.32. The molecule has 0 aromatic rings. The summed E-state index contributed by atoms with van der Waals surface area (Å²) >= 11 is 0. The van der Waals surface area contributed by atoms with Gasteiger partial charge in [-0.1, -0.05) is 0 Å². The first-order chi connectivity index (χ1) is 9.28. The number of piperidine rings is 1. The van der Waals surface area contributed by atoms with E-state index in [0.29, 0.717) is 19.6 Å². The molecular formula is C11H19F3N4O2. The molecule has 1 aliphatic heterocycles. The van der Waals surface area contributed by atoms with E-state index in [2.05, 4.69) is 10.6 Å². The Morgan fingerprint density at radius 2 is 2.05 bits per heavy atom. The summed E-state index contributed by atoms with van der Waals surface area (Å²) in [6.07, 6.45) is -2.72. The zero-order valence-corrected chi connectivity index (χ0v) is 11.0. The predicted molar refractivity (Wildman–Crippen MR) is 65.8 cm³/mol. The molecule has 0 radical (unpaired) electrons. The number of nitrogens with one attached hydrogen (secondary N) is 2. The fraction of sp³-hybridized carbons (Fsp3) is 0.818. The number of alkyl halides is 3. The van der Waals surface area contributed by atoms with Gasteiger partial charge in [-0.2, -0.15) is 13.2 Å². The van der Waals surface area contributed by atoms with Crippen LogP contribution < -0.4 is 16.4 Å². The van der Waals surface area contributed by atoms with E-state index in [0.717, 1.165) is 12.8 Å². The Labute approximate surface area is 114 Å². The van der Waals surface area contributed by atoms with Gasteiger partial charge in [-0.25, -0.2) is 4.79 Å². The van der Waals surface area contributed by atoms with Crippen molar-refractivity contribution >= 4 is 11.9 Å². The second-order valence-corrected chi connectivity index (χ2v) is 4.81. The van der Waals surface area contributed by atoms with Gasteiger partial charge in [0.1, 0.15) is 0 Å². The van der Waals surface area contributed by atoms with Gasteiger partial charge in [-0.3, -0.25) is 4.79 Å². The lowest BCUT2D eigenvalue weighted by molar-refractivity contribution is -0.135. The Kier molecular flexibility index (Phi) is 6.05. The minimum absolute atomic E-state index is 0.0859. The van der Waals surface area contributed by atoms with E-state index >= 15 is 0 Å². The molecular weight excluding hydrogens is 277 g/mol. The molecule has 0 aromatic heterocycles. The third kappa shape index (κ3) is 6.60. The number of hydrogen-bond donors (Lipinski definition) is 3. The molecule has 0 spiro atoms. The highest BCUT2D eigenvalue weighted by atomic mass is 19.4. The van der Waals surface area contributed by atoms with Crippen LogP contribution in [0.25, 0.3) is 0 Å². The maximum Gasteiger partial charge on any atom is 0.401 e. The molecule has 1 unspecified atom stereocenters. The van der Waals surface area contributed by atoms with Crippen molar-refractivity contribution < 1.29 is 22.8 Å². The van der Waals surface area contributed by atoms with Gasteiger partial charge in [0.25, 0.3) is 0 Å². The average Bonchev–Trinajstić information content (AvgIpc) is 2.35. The molecule has 6 nitrogen and oxygen atoms in total. The summed E-state index contributed by atoms with van der Waals surface area (Å²) in [4.78, 5) is 23.9. The van der Waals surface area contributed by atoms with E-state index in [4.69, 9.17) is 5.73 Å². The molecule has 116 valence electrons. The highest BCUT2D eigenvalue weighted by molar-refractivity contribution is 5.78. The largest absolute Gasteiger partial charge is 0.401 e. The number of rotatable bonds is 5. The smallest absolute Gasteiger partial charge is 0.352 e. The first-order valence-electron chi connectivity index (χ1n) is 6.36. The van der Waals surface area contributed by atoms with Crippen LogP contribution in [0.15, 0.2) is 0 Å². The average molecular weight is 296 g/mol. The van der Waals surface area contributed by atoms with Crippen molar-refractivity contribution in [3.63, 3.8) is 0 Å². The Morgan fingerprint density at radius 3 is 2.65 bits per heavy atom. The quantitative estimate of drug-likeness (QED) is 0.669. The van der Waals surface area contributed by atoms with Gasteiger partial charge in [-0.05, 0) is 18.8 Å². The van der Waals surface area contributed by atoms with E-state index in [1.54, 1.807) is 0 Å². The number of likely N-dealkylation sites (tertiary alicyclic amines) is 1. The number of nitrogens with zero attached hydrogens (tertiary/aromatic N) is 1. The molecule has 0 aliphatic carbocycles. The fourth-order valence-electron chi connectivity index (χ4n) is 2.13. The molecule has 1 fully saturated rings. The first kappa shape index (κ1) is 16.5. The van der Waals surface area contributed by atoms with Gasteiger partial charge in [0.05, 0.1) is 13.1 Å². The summed E-state index contributed by atoms with van der Waals surface area (Å²) in [5, 5.41) is 4.56. The van der Waals surface area contributed by atoms with E-state index in [1.165, 1.54) is 4.90 Å².